The third-order valence-corrected chi connectivity index (χ3v) is 17.4. The zero-order valence-corrected chi connectivity index (χ0v) is 27.1. The molecule has 0 aliphatic carbocycles. The lowest BCUT2D eigenvalue weighted by Gasteiger charge is -2.43. The highest BCUT2D eigenvalue weighted by molar-refractivity contribution is 6.74. The number of hydrogen-bond donors (Lipinski definition) is 1. The van der Waals surface area contributed by atoms with Crippen LogP contribution in [-0.2, 0) is 13.6 Å². The Kier molecular flexibility index (Phi) is 10.3. The van der Waals surface area contributed by atoms with Crippen LogP contribution in [0.25, 0.3) is 0 Å². The molecule has 2 heterocycles. The highest BCUT2D eigenvalue weighted by Crippen LogP contribution is 2.43. The van der Waals surface area contributed by atoms with E-state index in [1.807, 2.05) is 0 Å². The van der Waals surface area contributed by atoms with E-state index in [1.54, 1.807) is 29.4 Å². The van der Waals surface area contributed by atoms with Crippen molar-refractivity contribution in [1.29, 1.82) is 0 Å². The van der Waals surface area contributed by atoms with Crippen molar-refractivity contribution in [3.8, 4) is 0 Å². The second-order valence-corrected chi connectivity index (χ2v) is 22.9. The molecular formula is C28H51N3O4Si2. The molecule has 0 radical (unpaired) electrons. The Balaban J connectivity index is 2.54. The molecule has 1 aromatic rings. The topological polar surface area (TPSA) is 80.8 Å². The van der Waals surface area contributed by atoms with Crippen LogP contribution in [-0.4, -0.2) is 69.7 Å². The maximum absolute atomic E-state index is 13.8. The average Bonchev–Trinajstić information content (AvgIpc) is 3.11. The van der Waals surface area contributed by atoms with Gasteiger partial charge in [0.1, 0.15) is 12.1 Å². The summed E-state index contributed by atoms with van der Waals surface area (Å²) < 4.78 is 13.9. The third kappa shape index (κ3) is 7.74. The molecule has 3 atom stereocenters. The van der Waals surface area contributed by atoms with Crippen LogP contribution < -0.4 is 5.32 Å². The quantitative estimate of drug-likeness (QED) is 0.286. The minimum atomic E-state index is -2.30. The second-order valence-electron chi connectivity index (χ2n) is 13.4. The molecule has 0 spiro atoms. The summed E-state index contributed by atoms with van der Waals surface area (Å²) in [7, 11) is -4.53. The van der Waals surface area contributed by atoms with Gasteiger partial charge >= 0.3 is 0 Å². The predicted octanol–water partition coefficient (Wildman–Crippen LogP) is 5.99. The summed E-state index contributed by atoms with van der Waals surface area (Å²) in [5.74, 6) is -0.384. The molecule has 1 aliphatic rings. The van der Waals surface area contributed by atoms with Crippen molar-refractivity contribution in [2.45, 2.75) is 122 Å². The number of aromatic nitrogens is 1. The molecule has 1 saturated heterocycles. The average molecular weight is 550 g/mol. The van der Waals surface area contributed by atoms with E-state index in [0.717, 1.165) is 19.3 Å². The van der Waals surface area contributed by atoms with Crippen molar-refractivity contribution in [1.82, 2.24) is 15.2 Å². The van der Waals surface area contributed by atoms with Crippen LogP contribution in [0.3, 0.4) is 0 Å². The molecule has 1 fully saturated rings. The molecule has 37 heavy (non-hydrogen) atoms. The van der Waals surface area contributed by atoms with Crippen molar-refractivity contribution in [3.05, 3.63) is 30.1 Å². The molecule has 1 N–H and O–H groups in total. The molecule has 0 saturated carbocycles. The van der Waals surface area contributed by atoms with Crippen LogP contribution in [0.5, 0.6) is 0 Å². The number of hydrogen-bond acceptors (Lipinski definition) is 5. The Morgan fingerprint density at radius 2 is 1.62 bits per heavy atom. The lowest BCUT2D eigenvalue weighted by Crippen LogP contribution is -2.56. The summed E-state index contributed by atoms with van der Waals surface area (Å²) in [4.78, 5) is 33.4. The second kappa shape index (κ2) is 12.1. The molecule has 7 nitrogen and oxygen atoms in total. The highest BCUT2D eigenvalue weighted by atomic mass is 28.4. The van der Waals surface area contributed by atoms with Crippen molar-refractivity contribution < 1.29 is 18.4 Å². The number of carbonyl (C=O) groups excluding carboxylic acids is 2. The molecule has 1 unspecified atom stereocenters. The molecule has 1 aromatic heterocycles. The van der Waals surface area contributed by atoms with E-state index >= 15 is 0 Å². The fourth-order valence-electron chi connectivity index (χ4n) is 3.96. The molecule has 2 rings (SSSR count). The van der Waals surface area contributed by atoms with Gasteiger partial charge in [-0.15, -0.1) is 0 Å². The van der Waals surface area contributed by atoms with E-state index in [1.165, 1.54) is 0 Å². The summed E-state index contributed by atoms with van der Waals surface area (Å²) in [5, 5.41) is 3.03. The summed E-state index contributed by atoms with van der Waals surface area (Å²) in [6, 6.07) is 2.73. The smallest absolute Gasteiger partial charge is 0.256 e. The van der Waals surface area contributed by atoms with Gasteiger partial charge in [0, 0.05) is 25.5 Å². The van der Waals surface area contributed by atoms with Crippen molar-refractivity contribution >= 4 is 28.4 Å². The molecular weight excluding hydrogens is 498 g/mol. The van der Waals surface area contributed by atoms with Gasteiger partial charge in [0.15, 0.2) is 16.6 Å². The van der Waals surface area contributed by atoms with Crippen LogP contribution in [0.4, 0.5) is 0 Å². The first-order valence-corrected chi connectivity index (χ1v) is 19.6. The standard InChI is InChI=1S/C28H51N3O4Si2/c1-12-13-14-18-30-25(32)23-24(35-37(10,11)28(5,6)7)22(34-36(8,9)27(2,3)4)20-31(23)26(33)21-16-15-17-29-19-21/h15-17,19,22-24H,12-14,18,20H2,1-11H3,(H,30,32)/t22-,23?,24+/m0/s1. The lowest BCUT2D eigenvalue weighted by atomic mass is 10.1. The summed E-state index contributed by atoms with van der Waals surface area (Å²) >= 11 is 0. The fourth-order valence-corrected chi connectivity index (χ4v) is 6.59. The first kappa shape index (κ1) is 31.7. The molecule has 2 amide bonds. The van der Waals surface area contributed by atoms with Crippen LogP contribution in [0.2, 0.25) is 36.3 Å². The number of rotatable bonds is 10. The Bertz CT molecular complexity index is 910. The van der Waals surface area contributed by atoms with Gasteiger partial charge in [-0.1, -0.05) is 61.3 Å². The van der Waals surface area contributed by atoms with Gasteiger partial charge in [0.25, 0.3) is 5.91 Å². The largest absolute Gasteiger partial charge is 0.409 e. The number of nitrogens with one attached hydrogen (secondary N) is 1. The van der Waals surface area contributed by atoms with Gasteiger partial charge < -0.3 is 19.1 Å². The maximum atomic E-state index is 13.8. The summed E-state index contributed by atoms with van der Waals surface area (Å²) in [6.07, 6.45) is 5.30. The number of likely N-dealkylation sites (tertiary alicyclic amines) is 1. The van der Waals surface area contributed by atoms with Crippen molar-refractivity contribution in [3.63, 3.8) is 0 Å². The molecule has 0 aromatic carbocycles. The third-order valence-electron chi connectivity index (χ3n) is 8.40. The van der Waals surface area contributed by atoms with Gasteiger partial charge in [0.2, 0.25) is 5.91 Å². The molecule has 210 valence electrons. The van der Waals surface area contributed by atoms with Gasteiger partial charge in [-0.3, -0.25) is 14.6 Å². The van der Waals surface area contributed by atoms with Gasteiger partial charge in [0.05, 0.1) is 11.7 Å². The molecule has 1 aliphatic heterocycles. The van der Waals surface area contributed by atoms with E-state index in [2.05, 4.69) is 85.0 Å². The van der Waals surface area contributed by atoms with Gasteiger partial charge in [-0.05, 0) is 54.8 Å². The first-order chi connectivity index (χ1) is 16.9. The minimum Gasteiger partial charge on any atom is -0.409 e. The van der Waals surface area contributed by atoms with Crippen molar-refractivity contribution in [2.75, 3.05) is 13.1 Å². The lowest BCUT2D eigenvalue weighted by molar-refractivity contribution is -0.127. The van der Waals surface area contributed by atoms with Crippen LogP contribution >= 0.6 is 0 Å². The normalized spacial score (nSPS) is 21.3. The maximum Gasteiger partial charge on any atom is 0.256 e. The van der Waals surface area contributed by atoms with E-state index in [4.69, 9.17) is 8.85 Å². The number of amides is 2. The van der Waals surface area contributed by atoms with Crippen LogP contribution in [0.1, 0.15) is 78.1 Å². The Morgan fingerprint density at radius 3 is 2.14 bits per heavy atom. The van der Waals surface area contributed by atoms with E-state index < -0.39 is 28.8 Å². The number of unbranched alkanes of at least 4 members (excludes halogenated alkanes) is 2. The Labute approximate surface area is 227 Å². The number of nitrogens with zero attached hydrogens (tertiary/aromatic N) is 2. The number of carbonyl (C=O) groups is 2. The van der Waals surface area contributed by atoms with E-state index in [9.17, 15) is 9.59 Å². The minimum absolute atomic E-state index is 0.0206. The first-order valence-electron chi connectivity index (χ1n) is 13.8. The highest BCUT2D eigenvalue weighted by Gasteiger charge is 2.55. The van der Waals surface area contributed by atoms with Gasteiger partial charge in [-0.2, -0.15) is 0 Å². The SMILES string of the molecule is CCCCCNC(=O)C1[C@H](O[Si](C)(C)C(C)(C)C)[C@@H](O[Si](C)(C)C(C)(C)C)CN1C(=O)c1cccnc1. The summed E-state index contributed by atoms with van der Waals surface area (Å²) in [5.41, 5.74) is 0.463. The zero-order chi connectivity index (χ0) is 28.2. The van der Waals surface area contributed by atoms with Crippen LogP contribution in [0, 0.1) is 0 Å². The fraction of sp³-hybridized carbons (Fsp3) is 0.750. The monoisotopic (exact) mass is 549 g/mol. The molecule has 0 bridgehead atoms. The number of pyridine rings is 1. The van der Waals surface area contributed by atoms with Gasteiger partial charge in [-0.25, -0.2) is 0 Å². The van der Waals surface area contributed by atoms with Crippen molar-refractivity contribution in [2.24, 2.45) is 0 Å². The summed E-state index contributed by atoms with van der Waals surface area (Å²) in [6.45, 7) is 25.0. The Hall–Kier alpha value is -1.56. The zero-order valence-electron chi connectivity index (χ0n) is 25.1. The van der Waals surface area contributed by atoms with Crippen LogP contribution in [0.15, 0.2) is 24.5 Å². The van der Waals surface area contributed by atoms with E-state index in [-0.39, 0.29) is 28.0 Å². The Morgan fingerprint density at radius 1 is 1.03 bits per heavy atom. The predicted molar refractivity (Wildman–Crippen MR) is 156 cm³/mol. The van der Waals surface area contributed by atoms with E-state index in [0.29, 0.717) is 18.7 Å². The molecule has 9 heteroatoms.